The second kappa shape index (κ2) is 6.35. The summed E-state index contributed by atoms with van der Waals surface area (Å²) in [7, 11) is 0. The monoisotopic (exact) mass is 273 g/mol. The van der Waals surface area contributed by atoms with Crippen LogP contribution in [0.15, 0.2) is 30.6 Å². The molecule has 1 saturated heterocycles. The highest BCUT2D eigenvalue weighted by Gasteiger charge is 2.17. The molecule has 3 heterocycles. The first-order valence-electron chi connectivity index (χ1n) is 7.42. The number of imidazole rings is 1. The highest BCUT2D eigenvalue weighted by atomic mass is 15.3. The van der Waals surface area contributed by atoms with Gasteiger partial charge in [-0.3, -0.25) is 4.90 Å². The summed E-state index contributed by atoms with van der Waals surface area (Å²) < 4.78 is 2.09. The van der Waals surface area contributed by atoms with Crippen molar-refractivity contribution < 1.29 is 0 Å². The van der Waals surface area contributed by atoms with Crippen LogP contribution in [0.2, 0.25) is 0 Å². The molecule has 3 rings (SSSR count). The van der Waals surface area contributed by atoms with E-state index in [1.807, 2.05) is 18.2 Å². The molecule has 0 bridgehead atoms. The van der Waals surface area contributed by atoms with E-state index in [4.69, 9.17) is 5.73 Å². The lowest BCUT2D eigenvalue weighted by atomic mass is 10.2. The molecule has 20 heavy (non-hydrogen) atoms. The molecular weight excluding hydrogens is 250 g/mol. The van der Waals surface area contributed by atoms with Crippen LogP contribution in [0, 0.1) is 0 Å². The Morgan fingerprint density at radius 3 is 2.65 bits per heavy atom. The first-order chi connectivity index (χ1) is 9.85. The molecule has 2 N–H and O–H groups in total. The third-order valence-corrected chi connectivity index (χ3v) is 3.94. The van der Waals surface area contributed by atoms with Gasteiger partial charge in [-0.15, -0.1) is 0 Å². The normalized spacial score (nSPS) is 17.9. The number of nitrogens with two attached hydrogens (primary N) is 1. The molecule has 0 spiro atoms. The van der Waals surface area contributed by atoms with Crippen LogP contribution < -0.4 is 5.73 Å². The maximum absolute atomic E-state index is 5.56. The first-order valence-corrected chi connectivity index (χ1v) is 7.42. The predicted molar refractivity (Wildman–Crippen MR) is 80.6 cm³/mol. The van der Waals surface area contributed by atoms with Crippen molar-refractivity contribution in [2.75, 3.05) is 39.3 Å². The fourth-order valence-corrected chi connectivity index (χ4v) is 2.78. The Hall–Kier alpha value is -1.43. The Bertz CT molecular complexity index is 509. The molecule has 1 aliphatic rings. The third kappa shape index (κ3) is 3.17. The fourth-order valence-electron chi connectivity index (χ4n) is 2.78. The van der Waals surface area contributed by atoms with Crippen LogP contribution in [0.5, 0.6) is 0 Å². The number of pyridine rings is 1. The number of piperazine rings is 1. The van der Waals surface area contributed by atoms with E-state index in [9.17, 15) is 0 Å². The number of fused-ring (bicyclic) bond motifs is 1. The zero-order valence-electron chi connectivity index (χ0n) is 11.9. The Morgan fingerprint density at radius 2 is 1.90 bits per heavy atom. The van der Waals surface area contributed by atoms with Crippen molar-refractivity contribution >= 4 is 5.65 Å². The molecule has 2 aromatic rings. The van der Waals surface area contributed by atoms with Gasteiger partial charge < -0.3 is 15.0 Å². The number of hydrogen-bond donors (Lipinski definition) is 1. The van der Waals surface area contributed by atoms with Gasteiger partial charge in [0.25, 0.3) is 0 Å². The molecule has 0 saturated carbocycles. The summed E-state index contributed by atoms with van der Waals surface area (Å²) in [4.78, 5) is 9.66. The van der Waals surface area contributed by atoms with Crippen molar-refractivity contribution in [2.24, 2.45) is 5.73 Å². The fraction of sp³-hybridized carbons (Fsp3) is 0.533. The van der Waals surface area contributed by atoms with E-state index >= 15 is 0 Å². The predicted octanol–water partition coefficient (Wildman–Crippen LogP) is 0.801. The molecule has 1 aliphatic heterocycles. The lowest BCUT2D eigenvalue weighted by Gasteiger charge is -2.34. The largest absolute Gasteiger partial charge is 0.330 e. The van der Waals surface area contributed by atoms with Gasteiger partial charge in [0.1, 0.15) is 5.65 Å². The van der Waals surface area contributed by atoms with Crippen LogP contribution in [0.1, 0.15) is 12.1 Å². The van der Waals surface area contributed by atoms with E-state index in [1.165, 1.54) is 0 Å². The summed E-state index contributed by atoms with van der Waals surface area (Å²) in [6, 6.07) is 6.12. The quantitative estimate of drug-likeness (QED) is 0.875. The maximum Gasteiger partial charge on any atom is 0.137 e. The molecular formula is C15H23N5. The van der Waals surface area contributed by atoms with Gasteiger partial charge in [-0.2, -0.15) is 0 Å². The van der Waals surface area contributed by atoms with Crippen LogP contribution in [0.25, 0.3) is 5.65 Å². The third-order valence-electron chi connectivity index (χ3n) is 3.94. The van der Waals surface area contributed by atoms with Crippen LogP contribution >= 0.6 is 0 Å². The minimum absolute atomic E-state index is 0.793. The molecule has 0 aromatic carbocycles. The first kappa shape index (κ1) is 13.5. The van der Waals surface area contributed by atoms with Crippen LogP contribution in [0.4, 0.5) is 0 Å². The van der Waals surface area contributed by atoms with E-state index in [0.717, 1.165) is 63.6 Å². The van der Waals surface area contributed by atoms with Crippen molar-refractivity contribution in [3.63, 3.8) is 0 Å². The van der Waals surface area contributed by atoms with Crippen molar-refractivity contribution in [1.82, 2.24) is 19.2 Å². The Kier molecular flexibility index (Phi) is 4.30. The van der Waals surface area contributed by atoms with E-state index in [0.29, 0.717) is 0 Å². The Morgan fingerprint density at radius 1 is 1.10 bits per heavy atom. The van der Waals surface area contributed by atoms with Gasteiger partial charge in [0.2, 0.25) is 0 Å². The molecule has 0 amide bonds. The summed E-state index contributed by atoms with van der Waals surface area (Å²) in [6.07, 6.45) is 5.29. The summed E-state index contributed by atoms with van der Waals surface area (Å²) in [6.45, 7) is 7.42. The minimum Gasteiger partial charge on any atom is -0.330 e. The molecule has 0 aliphatic carbocycles. The summed E-state index contributed by atoms with van der Waals surface area (Å²) in [5.74, 6) is 0. The zero-order valence-corrected chi connectivity index (χ0v) is 11.9. The Labute approximate surface area is 120 Å². The van der Waals surface area contributed by atoms with Crippen LogP contribution in [-0.2, 0) is 6.54 Å². The molecule has 0 radical (unpaired) electrons. The highest BCUT2D eigenvalue weighted by Crippen LogP contribution is 2.10. The van der Waals surface area contributed by atoms with Crippen LogP contribution in [0.3, 0.4) is 0 Å². The van der Waals surface area contributed by atoms with E-state index < -0.39 is 0 Å². The lowest BCUT2D eigenvalue weighted by molar-refractivity contribution is 0.126. The number of aromatic nitrogens is 2. The van der Waals surface area contributed by atoms with Gasteiger partial charge in [0.05, 0.1) is 5.69 Å². The smallest absolute Gasteiger partial charge is 0.137 e. The number of hydrogen-bond acceptors (Lipinski definition) is 4. The van der Waals surface area contributed by atoms with Gasteiger partial charge >= 0.3 is 0 Å². The van der Waals surface area contributed by atoms with E-state index in [2.05, 4.69) is 31.6 Å². The maximum atomic E-state index is 5.56. The van der Waals surface area contributed by atoms with Crippen molar-refractivity contribution in [3.8, 4) is 0 Å². The molecule has 108 valence electrons. The second-order valence-electron chi connectivity index (χ2n) is 5.46. The van der Waals surface area contributed by atoms with Crippen molar-refractivity contribution in [2.45, 2.75) is 13.0 Å². The lowest BCUT2D eigenvalue weighted by Crippen LogP contribution is -2.46. The number of nitrogens with zero attached hydrogens (tertiary/aromatic N) is 4. The molecule has 0 atom stereocenters. The van der Waals surface area contributed by atoms with E-state index in [-0.39, 0.29) is 0 Å². The van der Waals surface area contributed by atoms with Gasteiger partial charge in [-0.05, 0) is 31.6 Å². The van der Waals surface area contributed by atoms with Crippen molar-refractivity contribution in [3.05, 3.63) is 36.3 Å². The average molecular weight is 273 g/mol. The van der Waals surface area contributed by atoms with E-state index in [1.54, 1.807) is 0 Å². The van der Waals surface area contributed by atoms with Gasteiger partial charge in [-0.1, -0.05) is 6.07 Å². The second-order valence-corrected chi connectivity index (χ2v) is 5.46. The average Bonchev–Trinajstić information content (AvgIpc) is 2.89. The summed E-state index contributed by atoms with van der Waals surface area (Å²) >= 11 is 0. The minimum atomic E-state index is 0.793. The van der Waals surface area contributed by atoms with Crippen molar-refractivity contribution in [1.29, 1.82) is 0 Å². The molecule has 2 aromatic heterocycles. The van der Waals surface area contributed by atoms with Gasteiger partial charge in [-0.25, -0.2) is 4.98 Å². The Balaban J connectivity index is 1.54. The molecule has 1 fully saturated rings. The van der Waals surface area contributed by atoms with Crippen LogP contribution in [-0.4, -0.2) is 58.5 Å². The number of rotatable bonds is 5. The van der Waals surface area contributed by atoms with Gasteiger partial charge in [0.15, 0.2) is 0 Å². The SMILES string of the molecule is NCCCN1CCN(Cc2cn3ccccc3n2)CC1. The standard InChI is InChI=1S/C15H23N5/c16-5-3-6-18-8-10-19(11-9-18)12-14-13-20-7-2-1-4-15(20)17-14/h1-2,4,7,13H,3,5-6,8-12,16H2. The molecule has 5 nitrogen and oxygen atoms in total. The topological polar surface area (TPSA) is 49.8 Å². The zero-order chi connectivity index (χ0) is 13.8. The summed E-state index contributed by atoms with van der Waals surface area (Å²) in [5.41, 5.74) is 7.75. The molecule has 0 unspecified atom stereocenters. The van der Waals surface area contributed by atoms with Gasteiger partial charge in [0, 0.05) is 45.1 Å². The molecule has 5 heteroatoms. The highest BCUT2D eigenvalue weighted by molar-refractivity contribution is 5.39. The summed E-state index contributed by atoms with van der Waals surface area (Å²) in [5, 5.41) is 0.